The number of allylic oxidation sites excluding steroid dienone is 1. The summed E-state index contributed by atoms with van der Waals surface area (Å²) >= 11 is 0. The molecule has 0 amide bonds. The van der Waals surface area contributed by atoms with E-state index in [4.69, 9.17) is 4.74 Å². The van der Waals surface area contributed by atoms with E-state index < -0.39 is 12.2 Å². The number of ether oxygens (including phenoxy) is 1. The van der Waals surface area contributed by atoms with Crippen molar-refractivity contribution >= 4 is 0 Å². The summed E-state index contributed by atoms with van der Waals surface area (Å²) in [5, 5.41) is 21.7. The molecule has 3 aliphatic rings. The number of aliphatic hydroxyl groups is 2. The Kier molecular flexibility index (Phi) is 6.90. The van der Waals surface area contributed by atoms with Gasteiger partial charge in [-0.25, -0.2) is 0 Å². The molecule has 0 unspecified atom stereocenters. The van der Waals surface area contributed by atoms with Gasteiger partial charge in [0.05, 0.1) is 18.3 Å². The molecule has 2 N–H and O–H groups in total. The fraction of sp³-hybridized carbons (Fsp3) is 0.742. The van der Waals surface area contributed by atoms with E-state index in [0.717, 1.165) is 25.7 Å². The van der Waals surface area contributed by atoms with Gasteiger partial charge < -0.3 is 14.9 Å². The number of fused-ring (bicyclic) bond motifs is 5. The Morgan fingerprint density at radius 2 is 1.85 bits per heavy atom. The molecule has 0 saturated heterocycles. The molecular formula is C31H48O3. The number of rotatable bonds is 6. The molecule has 3 aliphatic carbocycles. The van der Waals surface area contributed by atoms with Gasteiger partial charge in [-0.15, -0.1) is 0 Å². The number of hydrogen-bond donors (Lipinski definition) is 2. The highest BCUT2D eigenvalue weighted by Gasteiger charge is 2.57. The van der Waals surface area contributed by atoms with Crippen LogP contribution in [-0.2, 0) is 16.6 Å². The van der Waals surface area contributed by atoms with Gasteiger partial charge in [-0.2, -0.15) is 0 Å². The first-order valence-electron chi connectivity index (χ1n) is 13.6. The second kappa shape index (κ2) is 9.05. The third-order valence-corrected chi connectivity index (χ3v) is 10.3. The minimum absolute atomic E-state index is 0.132. The largest absolute Gasteiger partial charge is 0.390 e. The summed E-state index contributed by atoms with van der Waals surface area (Å²) in [6.45, 7) is 20.1. The Bertz CT molecular complexity index is 944. The van der Waals surface area contributed by atoms with E-state index in [-0.39, 0.29) is 16.9 Å². The summed E-state index contributed by atoms with van der Waals surface area (Å²) in [6.07, 6.45) is 4.85. The van der Waals surface area contributed by atoms with E-state index >= 15 is 0 Å². The standard InChI is InChI=1S/C31H48O3/c1-17(2)18(3)10-11-19(4)22-15-25(34-9)28-21-12-13-26-30(6,7)29(33)24(32)16-31(26,8)23(21)14-20(5)27(22)28/h14,17,19,22,24-26,29,32-33H,3,10-13,15-16H2,1-2,4-9H3/t19-,22-,24-,25+,26+,29+,31-/m1/s1. The number of aliphatic hydroxyl groups excluding tert-OH is 2. The number of benzene rings is 1. The van der Waals surface area contributed by atoms with E-state index in [2.05, 4.69) is 61.1 Å². The summed E-state index contributed by atoms with van der Waals surface area (Å²) in [4.78, 5) is 0. The van der Waals surface area contributed by atoms with Crippen molar-refractivity contribution in [2.24, 2.45) is 23.2 Å². The quantitative estimate of drug-likeness (QED) is 0.453. The van der Waals surface area contributed by atoms with Gasteiger partial charge in [0.25, 0.3) is 0 Å². The summed E-state index contributed by atoms with van der Waals surface area (Å²) in [6, 6.07) is 2.45. The second-order valence-corrected chi connectivity index (χ2v) is 13.0. The molecule has 4 rings (SSSR count). The first-order chi connectivity index (χ1) is 15.8. The van der Waals surface area contributed by atoms with Crippen LogP contribution in [0.5, 0.6) is 0 Å². The average Bonchev–Trinajstić information content (AvgIpc) is 3.17. The predicted molar refractivity (Wildman–Crippen MR) is 140 cm³/mol. The normalized spacial score (nSPS) is 35.0. The Morgan fingerprint density at radius 3 is 2.47 bits per heavy atom. The van der Waals surface area contributed by atoms with Gasteiger partial charge in [-0.05, 0) is 108 Å². The Balaban J connectivity index is 1.75. The minimum Gasteiger partial charge on any atom is -0.390 e. The molecule has 1 aromatic rings. The molecule has 0 bridgehead atoms. The molecule has 0 aliphatic heterocycles. The number of aryl methyl sites for hydroxylation is 1. The van der Waals surface area contributed by atoms with E-state index in [9.17, 15) is 10.2 Å². The maximum absolute atomic E-state index is 10.9. The number of methoxy groups -OCH3 is 1. The average molecular weight is 469 g/mol. The van der Waals surface area contributed by atoms with Gasteiger partial charge in [-0.3, -0.25) is 0 Å². The second-order valence-electron chi connectivity index (χ2n) is 13.0. The zero-order valence-electron chi connectivity index (χ0n) is 22.9. The predicted octanol–water partition coefficient (Wildman–Crippen LogP) is 6.77. The summed E-state index contributed by atoms with van der Waals surface area (Å²) in [5.41, 5.74) is 8.17. The van der Waals surface area contributed by atoms with Crippen LogP contribution in [0.15, 0.2) is 18.2 Å². The van der Waals surface area contributed by atoms with Crippen LogP contribution < -0.4 is 0 Å². The molecule has 0 spiro atoms. The van der Waals surface area contributed by atoms with Crippen molar-refractivity contribution < 1.29 is 14.9 Å². The molecule has 1 saturated carbocycles. The van der Waals surface area contributed by atoms with Crippen molar-refractivity contribution in [3.05, 3.63) is 46.0 Å². The van der Waals surface area contributed by atoms with Crippen LogP contribution in [0.25, 0.3) is 0 Å². The first kappa shape index (κ1) is 25.9. The van der Waals surface area contributed by atoms with Crippen molar-refractivity contribution in [2.75, 3.05) is 7.11 Å². The van der Waals surface area contributed by atoms with Gasteiger partial charge in [0.1, 0.15) is 0 Å². The van der Waals surface area contributed by atoms with Gasteiger partial charge in [-0.1, -0.05) is 59.8 Å². The molecule has 34 heavy (non-hydrogen) atoms. The first-order valence-corrected chi connectivity index (χ1v) is 13.6. The van der Waals surface area contributed by atoms with Crippen molar-refractivity contribution in [3.63, 3.8) is 0 Å². The smallest absolute Gasteiger partial charge is 0.0853 e. The lowest BCUT2D eigenvalue weighted by Crippen LogP contribution is -2.59. The monoisotopic (exact) mass is 468 g/mol. The Labute approximate surface area is 208 Å². The molecule has 0 heterocycles. The minimum atomic E-state index is -0.684. The third-order valence-electron chi connectivity index (χ3n) is 10.3. The van der Waals surface area contributed by atoms with Crippen molar-refractivity contribution in [1.29, 1.82) is 0 Å². The molecule has 0 aromatic heterocycles. The van der Waals surface area contributed by atoms with E-state index in [0.29, 0.717) is 30.1 Å². The Morgan fingerprint density at radius 1 is 1.18 bits per heavy atom. The fourth-order valence-electron chi connectivity index (χ4n) is 8.13. The van der Waals surface area contributed by atoms with Crippen molar-refractivity contribution in [1.82, 2.24) is 0 Å². The molecule has 3 nitrogen and oxygen atoms in total. The lowest BCUT2D eigenvalue weighted by Gasteiger charge is -2.58. The van der Waals surface area contributed by atoms with E-state index in [1.807, 2.05) is 7.11 Å². The van der Waals surface area contributed by atoms with Gasteiger partial charge in [0.15, 0.2) is 0 Å². The molecule has 1 fully saturated rings. The summed E-state index contributed by atoms with van der Waals surface area (Å²) < 4.78 is 6.14. The third kappa shape index (κ3) is 3.91. The van der Waals surface area contributed by atoms with Gasteiger partial charge >= 0.3 is 0 Å². The zero-order chi connectivity index (χ0) is 25.2. The van der Waals surface area contributed by atoms with Crippen molar-refractivity contribution in [3.8, 4) is 0 Å². The highest BCUT2D eigenvalue weighted by Crippen LogP contribution is 2.60. The van der Waals surface area contributed by atoms with Crippen LogP contribution in [-0.4, -0.2) is 29.5 Å². The topological polar surface area (TPSA) is 49.7 Å². The molecule has 0 radical (unpaired) electrons. The van der Waals surface area contributed by atoms with E-state index in [1.165, 1.54) is 39.8 Å². The van der Waals surface area contributed by atoms with Crippen LogP contribution in [0.3, 0.4) is 0 Å². The van der Waals surface area contributed by atoms with Crippen LogP contribution in [0.1, 0.15) is 113 Å². The van der Waals surface area contributed by atoms with Crippen molar-refractivity contribution in [2.45, 2.75) is 117 Å². The Hall–Kier alpha value is -1.16. The van der Waals surface area contributed by atoms with E-state index in [1.54, 1.807) is 0 Å². The highest BCUT2D eigenvalue weighted by atomic mass is 16.5. The maximum Gasteiger partial charge on any atom is 0.0853 e. The SMILES string of the molecule is C=C(CC[C@@H](C)[C@H]1C[C@H](OC)c2c3c(cc(C)c21)[C@@]1(C)C[C@@H](O)[C@H](O)C(C)(C)[C@@H]1CC3)C(C)C. The fourth-order valence-corrected chi connectivity index (χ4v) is 8.13. The van der Waals surface area contributed by atoms with Crippen LogP contribution in [0.2, 0.25) is 0 Å². The zero-order valence-corrected chi connectivity index (χ0v) is 22.9. The maximum atomic E-state index is 10.9. The van der Waals surface area contributed by atoms with Crippen LogP contribution >= 0.6 is 0 Å². The van der Waals surface area contributed by atoms with Crippen LogP contribution in [0, 0.1) is 30.1 Å². The highest BCUT2D eigenvalue weighted by molar-refractivity contribution is 5.55. The summed E-state index contributed by atoms with van der Waals surface area (Å²) in [7, 11) is 1.87. The number of hydrogen-bond acceptors (Lipinski definition) is 3. The molecule has 7 atom stereocenters. The van der Waals surface area contributed by atoms with Crippen LogP contribution in [0.4, 0.5) is 0 Å². The lowest BCUT2D eigenvalue weighted by molar-refractivity contribution is -0.142. The lowest BCUT2D eigenvalue weighted by atomic mass is 9.48. The molecule has 1 aromatic carbocycles. The molecule has 3 heteroatoms. The van der Waals surface area contributed by atoms with Gasteiger partial charge in [0, 0.05) is 7.11 Å². The molecular weight excluding hydrogens is 420 g/mol. The molecule has 190 valence electrons. The van der Waals surface area contributed by atoms with Gasteiger partial charge in [0.2, 0.25) is 0 Å². The summed E-state index contributed by atoms with van der Waals surface area (Å²) in [5.74, 6) is 2.00.